The Balaban J connectivity index is 2.58. The molecule has 0 heterocycles. The molecule has 0 radical (unpaired) electrons. The number of carboxylic acid groups (broad SMARTS) is 1. The molecule has 3 N–H and O–H groups in total. The zero-order valence-corrected chi connectivity index (χ0v) is 11.8. The van der Waals surface area contributed by atoms with E-state index in [4.69, 9.17) is 9.84 Å². The second-order valence-electron chi connectivity index (χ2n) is 4.65. The fraction of sp³-hybridized carbons (Fsp3) is 0.429. The number of anilines is 1. The summed E-state index contributed by atoms with van der Waals surface area (Å²) in [5, 5.41) is 14.1. The van der Waals surface area contributed by atoms with Gasteiger partial charge in [0, 0.05) is 18.8 Å². The molecule has 20 heavy (non-hydrogen) atoms. The number of carbonyl (C=O) groups excluding carboxylic acids is 1. The summed E-state index contributed by atoms with van der Waals surface area (Å²) in [7, 11) is 1.60. The Morgan fingerprint density at radius 2 is 2.05 bits per heavy atom. The third-order valence-electron chi connectivity index (χ3n) is 2.99. The van der Waals surface area contributed by atoms with Gasteiger partial charge in [-0.15, -0.1) is 0 Å². The maximum absolute atomic E-state index is 11.8. The van der Waals surface area contributed by atoms with Crippen molar-refractivity contribution in [3.63, 3.8) is 0 Å². The topological polar surface area (TPSA) is 87.7 Å². The Labute approximate surface area is 118 Å². The van der Waals surface area contributed by atoms with E-state index in [0.29, 0.717) is 12.3 Å². The van der Waals surface area contributed by atoms with Gasteiger partial charge in [-0.25, -0.2) is 4.79 Å². The van der Waals surface area contributed by atoms with Crippen molar-refractivity contribution in [1.82, 2.24) is 5.32 Å². The van der Waals surface area contributed by atoms with Gasteiger partial charge in [0.2, 0.25) is 0 Å². The van der Waals surface area contributed by atoms with Gasteiger partial charge >= 0.3 is 12.0 Å². The standard InChI is InChI=1S/C14H20N2O4/c1-9(13(17)18)10(2)15-14(19)16-12-6-4-5-11(7-12)8-20-3/h4-7,9-10H,8H2,1-3H3,(H,17,18)(H2,15,16,19). The Morgan fingerprint density at radius 1 is 1.35 bits per heavy atom. The predicted octanol–water partition coefficient (Wildman–Crippen LogP) is 2.06. The summed E-state index contributed by atoms with van der Waals surface area (Å²) in [4.78, 5) is 22.6. The Bertz CT molecular complexity index is 476. The number of hydrogen-bond donors (Lipinski definition) is 3. The predicted molar refractivity (Wildman–Crippen MR) is 75.6 cm³/mol. The Hall–Kier alpha value is -2.08. The molecule has 1 aromatic rings. The van der Waals surface area contributed by atoms with Crippen LogP contribution in [0.2, 0.25) is 0 Å². The highest BCUT2D eigenvalue weighted by Gasteiger charge is 2.20. The number of aliphatic carboxylic acids is 1. The van der Waals surface area contributed by atoms with Crippen LogP contribution in [0, 0.1) is 5.92 Å². The zero-order chi connectivity index (χ0) is 15.1. The van der Waals surface area contributed by atoms with E-state index in [0.717, 1.165) is 5.56 Å². The van der Waals surface area contributed by atoms with Gasteiger partial charge < -0.3 is 20.5 Å². The van der Waals surface area contributed by atoms with E-state index in [1.54, 1.807) is 33.1 Å². The highest BCUT2D eigenvalue weighted by atomic mass is 16.5. The van der Waals surface area contributed by atoms with Crippen LogP contribution in [0.4, 0.5) is 10.5 Å². The molecule has 1 aromatic carbocycles. The molecular weight excluding hydrogens is 260 g/mol. The van der Waals surface area contributed by atoms with Crippen LogP contribution < -0.4 is 10.6 Å². The molecule has 2 unspecified atom stereocenters. The van der Waals surface area contributed by atoms with Crippen LogP contribution in [0.5, 0.6) is 0 Å². The molecule has 0 saturated heterocycles. The van der Waals surface area contributed by atoms with Gasteiger partial charge in [-0.1, -0.05) is 12.1 Å². The normalized spacial score (nSPS) is 13.3. The third-order valence-corrected chi connectivity index (χ3v) is 2.99. The lowest BCUT2D eigenvalue weighted by atomic mass is 10.0. The van der Waals surface area contributed by atoms with Crippen molar-refractivity contribution in [3.05, 3.63) is 29.8 Å². The highest BCUT2D eigenvalue weighted by Crippen LogP contribution is 2.11. The van der Waals surface area contributed by atoms with Crippen molar-refractivity contribution < 1.29 is 19.4 Å². The van der Waals surface area contributed by atoms with Crippen LogP contribution in [0.3, 0.4) is 0 Å². The molecule has 0 fully saturated rings. The minimum atomic E-state index is -0.945. The van der Waals surface area contributed by atoms with Gasteiger partial charge in [0.25, 0.3) is 0 Å². The summed E-state index contributed by atoms with van der Waals surface area (Å²) < 4.78 is 5.02. The number of carboxylic acids is 1. The van der Waals surface area contributed by atoms with E-state index < -0.39 is 24.0 Å². The maximum Gasteiger partial charge on any atom is 0.319 e. The molecular formula is C14H20N2O4. The van der Waals surface area contributed by atoms with E-state index in [1.165, 1.54) is 0 Å². The van der Waals surface area contributed by atoms with Crippen molar-refractivity contribution >= 4 is 17.7 Å². The molecule has 0 aliphatic rings. The number of benzene rings is 1. The lowest BCUT2D eigenvalue weighted by molar-refractivity contribution is -0.141. The number of nitrogens with one attached hydrogen (secondary N) is 2. The molecule has 0 spiro atoms. The quantitative estimate of drug-likeness (QED) is 0.744. The van der Waals surface area contributed by atoms with Crippen LogP contribution in [-0.4, -0.2) is 30.3 Å². The Kier molecular flexibility index (Phi) is 5.99. The van der Waals surface area contributed by atoms with E-state index >= 15 is 0 Å². The fourth-order valence-corrected chi connectivity index (χ4v) is 1.62. The summed E-state index contributed by atoms with van der Waals surface area (Å²) in [5.74, 6) is -1.60. The average molecular weight is 280 g/mol. The minimum absolute atomic E-state index is 0.430. The molecule has 2 atom stereocenters. The van der Waals surface area contributed by atoms with Gasteiger partial charge in [0.05, 0.1) is 12.5 Å². The second-order valence-corrected chi connectivity index (χ2v) is 4.65. The molecule has 0 saturated carbocycles. The summed E-state index contributed by atoms with van der Waals surface area (Å²) in [6, 6.07) is 6.36. The van der Waals surface area contributed by atoms with Gasteiger partial charge in [0.15, 0.2) is 0 Å². The van der Waals surface area contributed by atoms with E-state index in [2.05, 4.69) is 10.6 Å². The minimum Gasteiger partial charge on any atom is -0.481 e. The first-order chi connectivity index (χ1) is 9.43. The molecule has 1 rings (SSSR count). The average Bonchev–Trinajstić information content (AvgIpc) is 2.38. The first kappa shape index (κ1) is 16.0. The molecule has 6 heteroatoms. The molecule has 0 aliphatic heterocycles. The van der Waals surface area contributed by atoms with Crippen LogP contribution in [0.15, 0.2) is 24.3 Å². The van der Waals surface area contributed by atoms with Crippen molar-refractivity contribution in [2.45, 2.75) is 26.5 Å². The lowest BCUT2D eigenvalue weighted by Crippen LogP contribution is -2.42. The summed E-state index contributed by atoms with van der Waals surface area (Å²) in [6.45, 7) is 3.66. The van der Waals surface area contributed by atoms with Gasteiger partial charge in [-0.05, 0) is 31.5 Å². The first-order valence-electron chi connectivity index (χ1n) is 6.32. The van der Waals surface area contributed by atoms with E-state index in [-0.39, 0.29) is 0 Å². The van der Waals surface area contributed by atoms with Gasteiger partial charge in [0.1, 0.15) is 0 Å². The SMILES string of the molecule is COCc1cccc(NC(=O)NC(C)C(C)C(=O)O)c1. The summed E-state index contributed by atoms with van der Waals surface area (Å²) >= 11 is 0. The number of hydrogen-bond acceptors (Lipinski definition) is 3. The van der Waals surface area contributed by atoms with E-state index in [9.17, 15) is 9.59 Å². The van der Waals surface area contributed by atoms with Crippen LogP contribution in [0.1, 0.15) is 19.4 Å². The van der Waals surface area contributed by atoms with Gasteiger partial charge in [-0.3, -0.25) is 4.79 Å². The number of ether oxygens (including phenoxy) is 1. The third kappa shape index (κ3) is 4.89. The van der Waals surface area contributed by atoms with E-state index in [1.807, 2.05) is 12.1 Å². The largest absolute Gasteiger partial charge is 0.481 e. The maximum atomic E-state index is 11.8. The van der Waals surface area contributed by atoms with Crippen molar-refractivity contribution in [3.8, 4) is 0 Å². The van der Waals surface area contributed by atoms with Crippen LogP contribution in [-0.2, 0) is 16.1 Å². The monoisotopic (exact) mass is 280 g/mol. The van der Waals surface area contributed by atoms with Crippen molar-refractivity contribution in [1.29, 1.82) is 0 Å². The zero-order valence-electron chi connectivity index (χ0n) is 11.8. The molecule has 0 aromatic heterocycles. The smallest absolute Gasteiger partial charge is 0.319 e. The lowest BCUT2D eigenvalue weighted by Gasteiger charge is -2.18. The summed E-state index contributed by atoms with van der Waals surface area (Å²) in [5.41, 5.74) is 1.57. The molecule has 0 aliphatic carbocycles. The summed E-state index contributed by atoms with van der Waals surface area (Å²) in [6.07, 6.45) is 0. The fourth-order valence-electron chi connectivity index (χ4n) is 1.62. The molecule has 0 bridgehead atoms. The highest BCUT2D eigenvalue weighted by molar-refractivity contribution is 5.89. The first-order valence-corrected chi connectivity index (χ1v) is 6.32. The molecule has 2 amide bonds. The van der Waals surface area contributed by atoms with Crippen molar-refractivity contribution in [2.24, 2.45) is 5.92 Å². The number of amides is 2. The van der Waals surface area contributed by atoms with Crippen LogP contribution in [0.25, 0.3) is 0 Å². The number of urea groups is 1. The van der Waals surface area contributed by atoms with Gasteiger partial charge in [-0.2, -0.15) is 0 Å². The number of carbonyl (C=O) groups is 2. The molecule has 110 valence electrons. The molecule has 6 nitrogen and oxygen atoms in total. The second kappa shape index (κ2) is 7.49. The number of methoxy groups -OCH3 is 1. The van der Waals surface area contributed by atoms with Crippen LogP contribution >= 0.6 is 0 Å². The van der Waals surface area contributed by atoms with Crippen molar-refractivity contribution in [2.75, 3.05) is 12.4 Å². The number of rotatable bonds is 6. The Morgan fingerprint density at radius 3 is 2.65 bits per heavy atom.